The van der Waals surface area contributed by atoms with E-state index in [1.54, 1.807) is 30.3 Å². The topological polar surface area (TPSA) is 103 Å². The van der Waals surface area contributed by atoms with Crippen LogP contribution in [0, 0.1) is 6.92 Å². The van der Waals surface area contributed by atoms with Gasteiger partial charge in [0.2, 0.25) is 5.75 Å². The number of hydrogen-bond acceptors (Lipinski definition) is 6. The van der Waals surface area contributed by atoms with Gasteiger partial charge in [0.25, 0.3) is 15.9 Å². The molecule has 168 valence electrons. The van der Waals surface area contributed by atoms with Crippen molar-refractivity contribution in [1.29, 1.82) is 0 Å². The lowest BCUT2D eigenvalue weighted by Gasteiger charge is -2.15. The van der Waals surface area contributed by atoms with Crippen LogP contribution >= 0.6 is 0 Å². The molecule has 32 heavy (non-hydrogen) atoms. The number of carbonyl (C=O) groups is 1. The fraction of sp³-hybridized carbons (Fsp3) is 0.174. The lowest BCUT2D eigenvalue weighted by atomic mass is 10.2. The molecule has 0 aliphatic heterocycles. The van der Waals surface area contributed by atoms with E-state index in [-0.39, 0.29) is 10.5 Å². The van der Waals surface area contributed by atoms with E-state index in [2.05, 4.69) is 10.0 Å². The molecule has 0 bridgehead atoms. The highest BCUT2D eigenvalue weighted by molar-refractivity contribution is 7.92. The number of rotatable bonds is 8. The molecule has 0 atom stereocenters. The van der Waals surface area contributed by atoms with Crippen LogP contribution in [0.1, 0.15) is 15.9 Å². The van der Waals surface area contributed by atoms with Gasteiger partial charge >= 0.3 is 0 Å². The Hall–Kier alpha value is -3.72. The standard InChI is InChI=1S/C23H24N2O6S/c1-15-7-5-9-17(11-15)25-32(27,28)19-10-6-8-16(12-19)23(26)24-18-13-20(29-2)22(31-4)21(14-18)30-3/h5-14,25H,1-4H3,(H,24,26). The molecular weight excluding hydrogens is 432 g/mol. The first kappa shape index (κ1) is 23.0. The number of nitrogens with one attached hydrogen (secondary N) is 2. The molecule has 0 aromatic heterocycles. The molecule has 0 saturated carbocycles. The van der Waals surface area contributed by atoms with E-state index in [0.717, 1.165) is 5.56 Å². The first-order chi connectivity index (χ1) is 15.3. The second-order valence-corrected chi connectivity index (χ2v) is 8.55. The van der Waals surface area contributed by atoms with Crippen molar-refractivity contribution in [3.8, 4) is 17.2 Å². The van der Waals surface area contributed by atoms with Crippen LogP contribution in [0.15, 0.2) is 65.6 Å². The number of aryl methyl sites for hydroxylation is 1. The zero-order chi connectivity index (χ0) is 23.3. The van der Waals surface area contributed by atoms with Crippen LogP contribution in [-0.2, 0) is 10.0 Å². The predicted octanol–water partition coefficient (Wildman–Crippen LogP) is 4.07. The summed E-state index contributed by atoms with van der Waals surface area (Å²) in [5, 5.41) is 2.73. The molecule has 0 radical (unpaired) electrons. The van der Waals surface area contributed by atoms with Crippen LogP contribution < -0.4 is 24.2 Å². The number of benzene rings is 3. The molecule has 0 aliphatic carbocycles. The van der Waals surface area contributed by atoms with Crippen molar-refractivity contribution in [3.05, 3.63) is 71.8 Å². The van der Waals surface area contributed by atoms with Crippen LogP contribution in [0.4, 0.5) is 11.4 Å². The Kier molecular flexibility index (Phi) is 6.89. The second kappa shape index (κ2) is 9.61. The summed E-state index contributed by atoms with van der Waals surface area (Å²) < 4.78 is 44.0. The lowest BCUT2D eigenvalue weighted by molar-refractivity contribution is 0.102. The van der Waals surface area contributed by atoms with Gasteiger partial charge in [-0.05, 0) is 42.8 Å². The number of carbonyl (C=O) groups excluding carboxylic acids is 1. The number of hydrogen-bond donors (Lipinski definition) is 2. The van der Waals surface area contributed by atoms with E-state index < -0.39 is 15.9 Å². The number of anilines is 2. The molecule has 3 aromatic carbocycles. The minimum absolute atomic E-state index is 0.0310. The molecule has 0 heterocycles. The van der Waals surface area contributed by atoms with Crippen LogP contribution in [-0.4, -0.2) is 35.7 Å². The zero-order valence-electron chi connectivity index (χ0n) is 18.1. The quantitative estimate of drug-likeness (QED) is 0.530. The van der Waals surface area contributed by atoms with E-state index in [1.807, 2.05) is 13.0 Å². The second-order valence-electron chi connectivity index (χ2n) is 6.87. The monoisotopic (exact) mass is 456 g/mol. The third kappa shape index (κ3) is 5.12. The molecule has 3 aromatic rings. The molecule has 0 unspecified atom stereocenters. The highest BCUT2D eigenvalue weighted by Crippen LogP contribution is 2.40. The Balaban J connectivity index is 1.86. The Morgan fingerprint density at radius 1 is 0.812 bits per heavy atom. The summed E-state index contributed by atoms with van der Waals surface area (Å²) in [6.07, 6.45) is 0. The van der Waals surface area contributed by atoms with Gasteiger partial charge in [-0.2, -0.15) is 0 Å². The van der Waals surface area contributed by atoms with Crippen molar-refractivity contribution in [1.82, 2.24) is 0 Å². The normalized spacial score (nSPS) is 10.9. The van der Waals surface area contributed by atoms with Crippen molar-refractivity contribution >= 4 is 27.3 Å². The fourth-order valence-corrected chi connectivity index (χ4v) is 4.18. The third-order valence-electron chi connectivity index (χ3n) is 4.60. The number of methoxy groups -OCH3 is 3. The van der Waals surface area contributed by atoms with Gasteiger partial charge in [-0.15, -0.1) is 0 Å². The summed E-state index contributed by atoms with van der Waals surface area (Å²) in [5.74, 6) is 0.650. The summed E-state index contributed by atoms with van der Waals surface area (Å²) in [6.45, 7) is 1.87. The largest absolute Gasteiger partial charge is 0.493 e. The van der Waals surface area contributed by atoms with Gasteiger partial charge < -0.3 is 19.5 Å². The predicted molar refractivity (Wildman–Crippen MR) is 122 cm³/mol. The van der Waals surface area contributed by atoms with Gasteiger partial charge in [-0.3, -0.25) is 9.52 Å². The van der Waals surface area contributed by atoms with E-state index >= 15 is 0 Å². The summed E-state index contributed by atoms with van der Waals surface area (Å²) in [6, 6.07) is 15.9. The van der Waals surface area contributed by atoms with Crippen molar-refractivity contribution < 1.29 is 27.4 Å². The Morgan fingerprint density at radius 2 is 1.47 bits per heavy atom. The molecule has 0 aliphatic rings. The maximum Gasteiger partial charge on any atom is 0.261 e. The first-order valence-electron chi connectivity index (χ1n) is 9.58. The summed E-state index contributed by atoms with van der Waals surface area (Å²) in [4.78, 5) is 12.8. The Labute approximate surface area is 187 Å². The third-order valence-corrected chi connectivity index (χ3v) is 5.98. The number of ether oxygens (including phenoxy) is 3. The van der Waals surface area contributed by atoms with Gasteiger partial charge in [0.15, 0.2) is 11.5 Å². The van der Waals surface area contributed by atoms with Crippen LogP contribution in [0.2, 0.25) is 0 Å². The number of sulfonamides is 1. The van der Waals surface area contributed by atoms with Crippen LogP contribution in [0.25, 0.3) is 0 Å². The van der Waals surface area contributed by atoms with Crippen LogP contribution in [0.5, 0.6) is 17.2 Å². The van der Waals surface area contributed by atoms with E-state index in [0.29, 0.717) is 28.6 Å². The molecule has 9 heteroatoms. The molecule has 3 rings (SSSR count). The van der Waals surface area contributed by atoms with Crippen molar-refractivity contribution in [2.75, 3.05) is 31.4 Å². The van der Waals surface area contributed by atoms with Crippen molar-refractivity contribution in [2.45, 2.75) is 11.8 Å². The molecule has 0 spiro atoms. The average molecular weight is 457 g/mol. The van der Waals surface area contributed by atoms with Crippen LogP contribution in [0.3, 0.4) is 0 Å². The molecular formula is C23H24N2O6S. The minimum Gasteiger partial charge on any atom is -0.493 e. The summed E-state index contributed by atoms with van der Waals surface area (Å²) in [7, 11) is 0.547. The van der Waals surface area contributed by atoms with Crippen molar-refractivity contribution in [3.63, 3.8) is 0 Å². The maximum atomic E-state index is 12.8. The lowest BCUT2D eigenvalue weighted by Crippen LogP contribution is -2.16. The van der Waals surface area contributed by atoms with Gasteiger partial charge in [-0.1, -0.05) is 18.2 Å². The van der Waals surface area contributed by atoms with Gasteiger partial charge in [0.1, 0.15) is 0 Å². The SMILES string of the molecule is COc1cc(NC(=O)c2cccc(S(=O)(=O)Nc3cccc(C)c3)c2)cc(OC)c1OC. The average Bonchev–Trinajstić information content (AvgIpc) is 2.78. The van der Waals surface area contributed by atoms with E-state index in [1.165, 1.54) is 45.6 Å². The zero-order valence-corrected chi connectivity index (χ0v) is 18.9. The smallest absolute Gasteiger partial charge is 0.261 e. The molecule has 0 saturated heterocycles. The highest BCUT2D eigenvalue weighted by atomic mass is 32.2. The number of amides is 1. The molecule has 8 nitrogen and oxygen atoms in total. The van der Waals surface area contributed by atoms with Gasteiger partial charge in [0, 0.05) is 29.1 Å². The van der Waals surface area contributed by atoms with E-state index in [4.69, 9.17) is 14.2 Å². The van der Waals surface area contributed by atoms with Gasteiger partial charge in [-0.25, -0.2) is 8.42 Å². The highest BCUT2D eigenvalue weighted by Gasteiger charge is 2.18. The summed E-state index contributed by atoms with van der Waals surface area (Å²) in [5.41, 5.74) is 1.93. The summed E-state index contributed by atoms with van der Waals surface area (Å²) >= 11 is 0. The first-order valence-corrected chi connectivity index (χ1v) is 11.1. The Morgan fingerprint density at radius 3 is 2.06 bits per heavy atom. The van der Waals surface area contributed by atoms with Gasteiger partial charge in [0.05, 0.1) is 26.2 Å². The van der Waals surface area contributed by atoms with Crippen molar-refractivity contribution in [2.24, 2.45) is 0 Å². The molecule has 1 amide bonds. The molecule has 2 N–H and O–H groups in total. The fourth-order valence-electron chi connectivity index (χ4n) is 3.08. The maximum absolute atomic E-state index is 12.8. The minimum atomic E-state index is -3.88. The Bertz CT molecular complexity index is 1220. The van der Waals surface area contributed by atoms with E-state index in [9.17, 15) is 13.2 Å². The molecule has 0 fully saturated rings.